The van der Waals surface area contributed by atoms with Crippen molar-refractivity contribution in [1.82, 2.24) is 4.90 Å². The van der Waals surface area contributed by atoms with E-state index < -0.39 is 17.7 Å². The summed E-state index contributed by atoms with van der Waals surface area (Å²) in [6, 6.07) is 0. The van der Waals surface area contributed by atoms with Gasteiger partial charge in [0.1, 0.15) is 0 Å². The van der Waals surface area contributed by atoms with E-state index in [9.17, 15) is 9.90 Å². The summed E-state index contributed by atoms with van der Waals surface area (Å²) in [4.78, 5) is 13.6. The van der Waals surface area contributed by atoms with E-state index in [1.807, 2.05) is 20.8 Å². The van der Waals surface area contributed by atoms with E-state index >= 15 is 0 Å². The van der Waals surface area contributed by atoms with E-state index in [1.165, 1.54) is 12.8 Å². The van der Waals surface area contributed by atoms with Gasteiger partial charge in [0.25, 0.3) is 0 Å². The molecule has 0 aromatic rings. The molecule has 0 aromatic carbocycles. The van der Waals surface area contributed by atoms with Crippen LogP contribution in [0.5, 0.6) is 0 Å². The first-order valence-corrected chi connectivity index (χ1v) is 7.22. The SMILES string of the molecule is CC1(C)CCN(CC[C@H](OC(C)(C)C)C(=O)O)CC1. The number of rotatable bonds is 5. The molecule has 1 atom stereocenters. The zero-order valence-corrected chi connectivity index (χ0v) is 13.0. The molecular formula is C15H29NO3. The van der Waals surface area contributed by atoms with Crippen molar-refractivity contribution >= 4 is 5.97 Å². The minimum absolute atomic E-state index is 0.410. The van der Waals surface area contributed by atoms with Crippen LogP contribution in [0.25, 0.3) is 0 Å². The number of aliphatic carboxylic acids is 1. The maximum Gasteiger partial charge on any atom is 0.332 e. The van der Waals surface area contributed by atoms with Crippen molar-refractivity contribution < 1.29 is 14.6 Å². The summed E-state index contributed by atoms with van der Waals surface area (Å²) in [5, 5.41) is 9.21. The molecule has 1 N–H and O–H groups in total. The molecule has 1 fully saturated rings. The zero-order chi connectivity index (χ0) is 14.7. The summed E-state index contributed by atoms with van der Waals surface area (Å²) in [6.45, 7) is 13.2. The van der Waals surface area contributed by atoms with Crippen molar-refractivity contribution in [3.8, 4) is 0 Å². The number of hydrogen-bond donors (Lipinski definition) is 1. The van der Waals surface area contributed by atoms with Gasteiger partial charge in [0.05, 0.1) is 5.60 Å². The average Bonchev–Trinajstić information content (AvgIpc) is 2.24. The van der Waals surface area contributed by atoms with Crippen LogP contribution in [-0.2, 0) is 9.53 Å². The second-order valence-electron chi connectivity index (χ2n) is 7.35. The molecule has 1 aliphatic rings. The van der Waals surface area contributed by atoms with Gasteiger partial charge in [0.15, 0.2) is 6.10 Å². The number of carboxylic acids is 1. The number of nitrogens with zero attached hydrogens (tertiary/aromatic N) is 1. The fraction of sp³-hybridized carbons (Fsp3) is 0.933. The van der Waals surface area contributed by atoms with Crippen LogP contribution < -0.4 is 0 Å². The van der Waals surface area contributed by atoms with Crippen molar-refractivity contribution in [2.75, 3.05) is 19.6 Å². The van der Waals surface area contributed by atoms with Crippen molar-refractivity contribution in [2.24, 2.45) is 5.41 Å². The van der Waals surface area contributed by atoms with Crippen LogP contribution in [0.15, 0.2) is 0 Å². The Morgan fingerprint density at radius 2 is 1.84 bits per heavy atom. The monoisotopic (exact) mass is 271 g/mol. The van der Waals surface area contributed by atoms with Crippen molar-refractivity contribution in [1.29, 1.82) is 0 Å². The van der Waals surface area contributed by atoms with Crippen molar-refractivity contribution in [3.63, 3.8) is 0 Å². The zero-order valence-electron chi connectivity index (χ0n) is 13.0. The molecule has 0 amide bonds. The Labute approximate surface area is 117 Å². The lowest BCUT2D eigenvalue weighted by Crippen LogP contribution is -2.41. The second kappa shape index (κ2) is 6.23. The molecule has 112 valence electrons. The molecule has 0 aromatic heterocycles. The van der Waals surface area contributed by atoms with Gasteiger partial charge in [-0.2, -0.15) is 0 Å². The molecule has 1 heterocycles. The lowest BCUT2D eigenvalue weighted by atomic mass is 9.82. The Hall–Kier alpha value is -0.610. The van der Waals surface area contributed by atoms with E-state index in [2.05, 4.69) is 18.7 Å². The van der Waals surface area contributed by atoms with Crippen molar-refractivity contribution in [3.05, 3.63) is 0 Å². The molecule has 0 saturated carbocycles. The Morgan fingerprint density at radius 1 is 1.32 bits per heavy atom. The lowest BCUT2D eigenvalue weighted by molar-refractivity contribution is -0.161. The first-order valence-electron chi connectivity index (χ1n) is 7.22. The van der Waals surface area contributed by atoms with Gasteiger partial charge in [0, 0.05) is 6.54 Å². The van der Waals surface area contributed by atoms with Gasteiger partial charge >= 0.3 is 5.97 Å². The highest BCUT2D eigenvalue weighted by atomic mass is 16.5. The maximum absolute atomic E-state index is 11.2. The Morgan fingerprint density at radius 3 is 2.26 bits per heavy atom. The van der Waals surface area contributed by atoms with Crippen molar-refractivity contribution in [2.45, 2.75) is 65.6 Å². The van der Waals surface area contributed by atoms with Crippen LogP contribution in [-0.4, -0.2) is 47.3 Å². The minimum atomic E-state index is -0.854. The van der Waals surface area contributed by atoms with Gasteiger partial charge in [-0.1, -0.05) is 13.8 Å². The summed E-state index contributed by atoms with van der Waals surface area (Å²) < 4.78 is 5.61. The topological polar surface area (TPSA) is 49.8 Å². The van der Waals surface area contributed by atoms with Gasteiger partial charge in [-0.05, 0) is 58.5 Å². The minimum Gasteiger partial charge on any atom is -0.479 e. The largest absolute Gasteiger partial charge is 0.479 e. The highest BCUT2D eigenvalue weighted by Gasteiger charge is 2.28. The number of ether oxygens (including phenoxy) is 1. The summed E-state index contributed by atoms with van der Waals surface area (Å²) in [6.07, 6.45) is 2.23. The van der Waals surface area contributed by atoms with Gasteiger partial charge < -0.3 is 14.7 Å². The average molecular weight is 271 g/mol. The number of likely N-dealkylation sites (tertiary alicyclic amines) is 1. The fourth-order valence-corrected chi connectivity index (χ4v) is 2.34. The van der Waals surface area contributed by atoms with Gasteiger partial charge in [-0.3, -0.25) is 0 Å². The Balaban J connectivity index is 2.39. The third kappa shape index (κ3) is 6.39. The van der Waals surface area contributed by atoms with Crippen LogP contribution in [0.2, 0.25) is 0 Å². The molecule has 0 spiro atoms. The summed E-state index contributed by atoms with van der Waals surface area (Å²) >= 11 is 0. The molecular weight excluding hydrogens is 242 g/mol. The Kier molecular flexibility index (Phi) is 5.39. The Bertz CT molecular complexity index is 297. The fourth-order valence-electron chi connectivity index (χ4n) is 2.34. The van der Waals surface area contributed by atoms with Crippen LogP contribution in [0, 0.1) is 5.41 Å². The first kappa shape index (κ1) is 16.4. The van der Waals surface area contributed by atoms with Crippen LogP contribution in [0.1, 0.15) is 53.9 Å². The van der Waals surface area contributed by atoms with Gasteiger partial charge in [-0.15, -0.1) is 0 Å². The number of carbonyl (C=O) groups is 1. The molecule has 1 aliphatic heterocycles. The first-order chi connectivity index (χ1) is 8.59. The van der Waals surface area contributed by atoms with E-state index in [4.69, 9.17) is 4.74 Å². The number of hydrogen-bond acceptors (Lipinski definition) is 3. The van der Waals surface area contributed by atoms with Gasteiger partial charge in [0.2, 0.25) is 0 Å². The molecule has 4 nitrogen and oxygen atoms in total. The molecule has 1 rings (SSSR count). The molecule has 19 heavy (non-hydrogen) atoms. The van der Waals surface area contributed by atoms with Crippen LogP contribution in [0.4, 0.5) is 0 Å². The standard InChI is InChI=1S/C15H29NO3/c1-14(2,3)19-12(13(17)18)6-9-16-10-7-15(4,5)8-11-16/h12H,6-11H2,1-5H3,(H,17,18)/t12-/m0/s1. The molecule has 1 saturated heterocycles. The quantitative estimate of drug-likeness (QED) is 0.835. The third-order valence-electron chi connectivity index (χ3n) is 3.69. The second-order valence-corrected chi connectivity index (χ2v) is 7.35. The van der Waals surface area contributed by atoms with Crippen LogP contribution in [0.3, 0.4) is 0 Å². The summed E-state index contributed by atoms with van der Waals surface area (Å²) in [5.41, 5.74) is 0.0254. The van der Waals surface area contributed by atoms with Crippen LogP contribution >= 0.6 is 0 Å². The predicted octanol–water partition coefficient (Wildman–Crippen LogP) is 2.77. The van der Waals surface area contributed by atoms with E-state index in [-0.39, 0.29) is 0 Å². The van der Waals surface area contributed by atoms with E-state index in [0.29, 0.717) is 11.8 Å². The summed E-state index contributed by atoms with van der Waals surface area (Å²) in [7, 11) is 0. The smallest absolute Gasteiger partial charge is 0.332 e. The number of carboxylic acid groups (broad SMARTS) is 1. The normalized spacial score (nSPS) is 22.2. The number of piperidine rings is 1. The lowest BCUT2D eigenvalue weighted by Gasteiger charge is -2.37. The molecule has 0 bridgehead atoms. The highest BCUT2D eigenvalue weighted by Crippen LogP contribution is 2.29. The molecule has 0 unspecified atom stereocenters. The molecule has 0 aliphatic carbocycles. The van der Waals surface area contributed by atoms with Gasteiger partial charge in [-0.25, -0.2) is 4.79 Å². The van der Waals surface area contributed by atoms with E-state index in [1.54, 1.807) is 0 Å². The predicted molar refractivity (Wildman–Crippen MR) is 76.3 cm³/mol. The maximum atomic E-state index is 11.2. The summed E-state index contributed by atoms with van der Waals surface area (Å²) in [5.74, 6) is -0.854. The third-order valence-corrected chi connectivity index (χ3v) is 3.69. The highest BCUT2D eigenvalue weighted by molar-refractivity contribution is 5.72. The van der Waals surface area contributed by atoms with E-state index in [0.717, 1.165) is 19.6 Å². The molecule has 0 radical (unpaired) electrons. The molecule has 4 heteroatoms.